The number of hydrogen-bond acceptors (Lipinski definition) is 5. The van der Waals surface area contributed by atoms with Crippen molar-refractivity contribution in [2.75, 3.05) is 14.2 Å². The summed E-state index contributed by atoms with van der Waals surface area (Å²) >= 11 is 0. The zero-order valence-electron chi connectivity index (χ0n) is 17.3. The largest absolute Gasteiger partial charge is 0.501 e. The minimum Gasteiger partial charge on any atom is -0.501 e. The number of Topliss-reactive ketones (excluding diaryl/α,β-unsaturated/α-hetero) is 1. The molecular weight excluding hydrogens is 344 g/mol. The van der Waals surface area contributed by atoms with Gasteiger partial charge in [0.15, 0.2) is 5.78 Å². The fraction of sp³-hybridized carbons (Fsp3) is 0.773. The van der Waals surface area contributed by atoms with E-state index in [1.165, 1.54) is 7.11 Å². The van der Waals surface area contributed by atoms with Crippen LogP contribution < -0.4 is 0 Å². The number of carbonyl (C=O) groups excluding carboxylic acids is 3. The Bertz CT molecular complexity index is 509. The van der Waals surface area contributed by atoms with Crippen LogP contribution in [-0.4, -0.2) is 31.8 Å². The van der Waals surface area contributed by atoms with Crippen LogP contribution in [0.5, 0.6) is 0 Å². The van der Waals surface area contributed by atoms with Gasteiger partial charge in [0.1, 0.15) is 5.78 Å². The number of esters is 1. The minimum atomic E-state index is -0.191. The second-order valence-electron chi connectivity index (χ2n) is 7.42. The quantitative estimate of drug-likeness (QED) is 0.188. The molecule has 1 aliphatic carbocycles. The van der Waals surface area contributed by atoms with E-state index in [-0.39, 0.29) is 29.4 Å². The molecule has 1 fully saturated rings. The Hall–Kier alpha value is -1.65. The van der Waals surface area contributed by atoms with Gasteiger partial charge in [-0.1, -0.05) is 39.0 Å². The predicted molar refractivity (Wildman–Crippen MR) is 105 cm³/mol. The van der Waals surface area contributed by atoms with E-state index in [0.29, 0.717) is 19.3 Å². The lowest BCUT2D eigenvalue weighted by atomic mass is 9.86. The highest BCUT2D eigenvalue weighted by Crippen LogP contribution is 2.34. The van der Waals surface area contributed by atoms with Crippen molar-refractivity contribution < 1.29 is 23.9 Å². The van der Waals surface area contributed by atoms with Crippen LogP contribution in [0.1, 0.15) is 84.0 Å². The monoisotopic (exact) mass is 380 g/mol. The van der Waals surface area contributed by atoms with Crippen LogP contribution in [0.15, 0.2) is 11.8 Å². The van der Waals surface area contributed by atoms with Gasteiger partial charge in [0.2, 0.25) is 0 Å². The molecular formula is C22H36O5. The first-order chi connectivity index (χ1) is 13.0. The Labute approximate surface area is 163 Å². The van der Waals surface area contributed by atoms with Gasteiger partial charge in [-0.15, -0.1) is 0 Å². The third kappa shape index (κ3) is 8.72. The molecule has 154 valence electrons. The van der Waals surface area contributed by atoms with Crippen molar-refractivity contribution >= 4 is 17.5 Å². The summed E-state index contributed by atoms with van der Waals surface area (Å²) in [5.41, 5.74) is 0. The van der Waals surface area contributed by atoms with Gasteiger partial charge in [-0.3, -0.25) is 14.4 Å². The maximum Gasteiger partial charge on any atom is 0.305 e. The maximum absolute atomic E-state index is 12.7. The number of carbonyl (C=O) groups is 3. The van der Waals surface area contributed by atoms with Gasteiger partial charge in [-0.2, -0.15) is 0 Å². The van der Waals surface area contributed by atoms with Crippen molar-refractivity contribution in [3.8, 4) is 0 Å². The van der Waals surface area contributed by atoms with Crippen LogP contribution in [0.4, 0.5) is 0 Å². The number of allylic oxidation sites excluding steroid dienone is 2. The maximum atomic E-state index is 12.7. The average molecular weight is 381 g/mol. The van der Waals surface area contributed by atoms with Crippen LogP contribution in [0.2, 0.25) is 0 Å². The van der Waals surface area contributed by atoms with Crippen molar-refractivity contribution in [2.24, 2.45) is 11.8 Å². The van der Waals surface area contributed by atoms with Gasteiger partial charge >= 0.3 is 5.97 Å². The van der Waals surface area contributed by atoms with E-state index < -0.39 is 0 Å². The van der Waals surface area contributed by atoms with Crippen LogP contribution in [0, 0.1) is 11.8 Å². The normalized spacial score (nSPS) is 20.0. The van der Waals surface area contributed by atoms with E-state index in [1.807, 2.05) is 0 Å². The number of rotatable bonds is 14. The van der Waals surface area contributed by atoms with Gasteiger partial charge < -0.3 is 9.47 Å². The summed E-state index contributed by atoms with van der Waals surface area (Å²) in [7, 11) is 3.01. The summed E-state index contributed by atoms with van der Waals surface area (Å²) in [6, 6.07) is 0. The van der Waals surface area contributed by atoms with E-state index in [9.17, 15) is 14.4 Å². The fourth-order valence-electron chi connectivity index (χ4n) is 3.75. The highest BCUT2D eigenvalue weighted by molar-refractivity contribution is 5.98. The SMILES string of the molecule is CCCCCC(=CC(=O)[C@H]1CCC(=O)[C@@H]1CCCCCCC(=O)OC)OC. The molecule has 5 nitrogen and oxygen atoms in total. The van der Waals surface area contributed by atoms with Crippen molar-refractivity contribution in [3.05, 3.63) is 11.8 Å². The standard InChI is InChI=1S/C22H36O5/c1-4-5-8-11-17(26-2)16-21(24)19-14-15-20(23)18(19)12-9-6-7-10-13-22(25)27-3/h16,18-19H,4-15H2,1-3H3/t18-,19+/m1/s1. The predicted octanol–water partition coefficient (Wildman–Crippen LogP) is 4.78. The average Bonchev–Trinajstić information content (AvgIpc) is 3.04. The zero-order chi connectivity index (χ0) is 20.1. The fourth-order valence-corrected chi connectivity index (χ4v) is 3.75. The Morgan fingerprint density at radius 1 is 1.00 bits per heavy atom. The van der Waals surface area contributed by atoms with Crippen LogP contribution >= 0.6 is 0 Å². The molecule has 0 aromatic carbocycles. The Balaban J connectivity index is 2.45. The molecule has 0 saturated heterocycles. The van der Waals surface area contributed by atoms with E-state index in [0.717, 1.165) is 63.5 Å². The minimum absolute atomic E-state index is 0.0462. The lowest BCUT2D eigenvalue weighted by Gasteiger charge is -2.16. The summed E-state index contributed by atoms with van der Waals surface area (Å²) < 4.78 is 9.99. The first-order valence-corrected chi connectivity index (χ1v) is 10.4. The topological polar surface area (TPSA) is 69.7 Å². The molecule has 0 bridgehead atoms. The first-order valence-electron chi connectivity index (χ1n) is 10.4. The van der Waals surface area contributed by atoms with E-state index >= 15 is 0 Å². The van der Waals surface area contributed by atoms with E-state index in [2.05, 4.69) is 11.7 Å². The van der Waals surface area contributed by atoms with Gasteiger partial charge in [-0.05, 0) is 25.7 Å². The van der Waals surface area contributed by atoms with E-state index in [4.69, 9.17) is 4.74 Å². The number of methoxy groups -OCH3 is 2. The van der Waals surface area contributed by atoms with E-state index in [1.54, 1.807) is 13.2 Å². The van der Waals surface area contributed by atoms with Gasteiger partial charge in [0.25, 0.3) is 0 Å². The summed E-state index contributed by atoms with van der Waals surface area (Å²) in [6.07, 6.45) is 11.7. The molecule has 0 radical (unpaired) electrons. The lowest BCUT2D eigenvalue weighted by Crippen LogP contribution is -2.21. The Kier molecular flexibility index (Phi) is 11.7. The van der Waals surface area contributed by atoms with Crippen molar-refractivity contribution in [1.29, 1.82) is 0 Å². The zero-order valence-corrected chi connectivity index (χ0v) is 17.3. The Morgan fingerprint density at radius 2 is 1.70 bits per heavy atom. The number of ketones is 2. The Morgan fingerprint density at radius 3 is 2.37 bits per heavy atom. The summed E-state index contributed by atoms with van der Waals surface area (Å²) in [5.74, 6) is 0.485. The second kappa shape index (κ2) is 13.5. The van der Waals surface area contributed by atoms with Crippen molar-refractivity contribution in [2.45, 2.75) is 84.0 Å². The third-order valence-electron chi connectivity index (χ3n) is 5.43. The molecule has 0 aliphatic heterocycles. The molecule has 1 rings (SSSR count). The molecule has 0 heterocycles. The molecule has 5 heteroatoms. The van der Waals surface area contributed by atoms with Crippen LogP contribution in [-0.2, 0) is 23.9 Å². The molecule has 0 aromatic heterocycles. The van der Waals surface area contributed by atoms with Crippen molar-refractivity contribution in [1.82, 2.24) is 0 Å². The highest BCUT2D eigenvalue weighted by atomic mass is 16.5. The van der Waals surface area contributed by atoms with Crippen molar-refractivity contribution in [3.63, 3.8) is 0 Å². The lowest BCUT2D eigenvalue weighted by molar-refractivity contribution is -0.140. The molecule has 27 heavy (non-hydrogen) atoms. The third-order valence-corrected chi connectivity index (χ3v) is 5.43. The summed E-state index contributed by atoms with van der Waals surface area (Å²) in [5, 5.41) is 0. The highest BCUT2D eigenvalue weighted by Gasteiger charge is 2.37. The van der Waals surface area contributed by atoms with Gasteiger partial charge in [-0.25, -0.2) is 0 Å². The van der Waals surface area contributed by atoms with Crippen LogP contribution in [0.3, 0.4) is 0 Å². The molecule has 1 aliphatic rings. The second-order valence-corrected chi connectivity index (χ2v) is 7.42. The van der Waals surface area contributed by atoms with Gasteiger partial charge in [0.05, 0.1) is 20.0 Å². The molecule has 0 amide bonds. The molecule has 0 spiro atoms. The summed E-state index contributed by atoms with van der Waals surface area (Å²) in [4.78, 5) is 36.0. The molecule has 0 aromatic rings. The molecule has 1 saturated carbocycles. The molecule has 0 unspecified atom stereocenters. The van der Waals surface area contributed by atoms with Gasteiger partial charge in [0, 0.05) is 37.2 Å². The number of ether oxygens (including phenoxy) is 2. The first kappa shape index (κ1) is 23.4. The smallest absolute Gasteiger partial charge is 0.305 e. The summed E-state index contributed by atoms with van der Waals surface area (Å²) in [6.45, 7) is 2.14. The molecule has 0 N–H and O–H groups in total. The van der Waals surface area contributed by atoms with Crippen LogP contribution in [0.25, 0.3) is 0 Å². The number of unbranched alkanes of at least 4 members (excludes halogenated alkanes) is 5. The number of hydrogen-bond donors (Lipinski definition) is 0. The molecule has 2 atom stereocenters.